The second kappa shape index (κ2) is 2.30. The predicted molar refractivity (Wildman–Crippen MR) is 41.7 cm³/mol. The molecule has 0 aromatic carbocycles. The zero-order valence-corrected chi connectivity index (χ0v) is 5.93. The minimum atomic E-state index is -0.213. The molecule has 57 valence electrons. The van der Waals surface area contributed by atoms with Gasteiger partial charge in [0.05, 0.1) is 5.70 Å². The van der Waals surface area contributed by atoms with Crippen LogP contribution in [0.4, 0.5) is 0 Å². The van der Waals surface area contributed by atoms with Crippen molar-refractivity contribution in [3.63, 3.8) is 0 Å². The molecule has 5 heteroatoms. The summed E-state index contributed by atoms with van der Waals surface area (Å²) < 4.78 is 0. The molecule has 0 bridgehead atoms. The number of aliphatic imine (C=N–C) groups is 2. The summed E-state index contributed by atoms with van der Waals surface area (Å²) in [5, 5.41) is 2.79. The Labute approximate surface area is 67.7 Å². The number of hydrogen-bond acceptors (Lipinski definition) is 4. The average Bonchev–Trinajstić information content (AvgIpc) is 2.49. The van der Waals surface area contributed by atoms with Gasteiger partial charge in [-0.2, -0.15) is 0 Å². The summed E-state index contributed by atoms with van der Waals surface area (Å²) in [7, 11) is 0. The van der Waals surface area contributed by atoms with Crippen molar-refractivity contribution >= 4 is 17.5 Å². The maximum absolute atomic E-state index is 11.1. The maximum Gasteiger partial charge on any atom is 0.272 e. The van der Waals surface area contributed by atoms with Crippen molar-refractivity contribution in [2.75, 3.05) is 0 Å². The van der Waals surface area contributed by atoms with Crippen molar-refractivity contribution in [3.05, 3.63) is 23.9 Å². The van der Waals surface area contributed by atoms with Gasteiger partial charge < -0.3 is 0 Å². The first-order valence-electron chi connectivity index (χ1n) is 3.27. The lowest BCUT2D eigenvalue weighted by atomic mass is 10.1. The number of rotatable bonds is 0. The number of hydrogen-bond donors (Lipinski definition) is 0. The molecule has 0 aromatic heterocycles. The van der Waals surface area contributed by atoms with Gasteiger partial charge in [-0.15, -0.1) is 0 Å². The number of allylic oxidation sites excluding steroid dienone is 4. The molecule has 0 aromatic rings. The Hall–Kier alpha value is -1.91. The highest BCUT2D eigenvalue weighted by Crippen LogP contribution is 2.15. The molecule has 1 aliphatic carbocycles. The lowest BCUT2D eigenvalue weighted by Gasteiger charge is -1.98. The minimum Gasteiger partial charge on any atom is -0.287 e. The van der Waals surface area contributed by atoms with Gasteiger partial charge in [0.2, 0.25) is 5.78 Å². The van der Waals surface area contributed by atoms with Crippen LogP contribution in [-0.4, -0.2) is 17.5 Å². The summed E-state index contributed by atoms with van der Waals surface area (Å²) in [6.45, 7) is 0. The number of carbonyl (C=O) groups excluding carboxylic acids is 1. The van der Waals surface area contributed by atoms with E-state index < -0.39 is 0 Å². The van der Waals surface area contributed by atoms with Crippen LogP contribution in [0.5, 0.6) is 0 Å². The van der Waals surface area contributed by atoms with Gasteiger partial charge in [0.15, 0.2) is 0 Å². The quantitative estimate of drug-likeness (QED) is 0.364. The van der Waals surface area contributed by atoms with Crippen molar-refractivity contribution in [1.82, 2.24) is 5.53 Å². The standard InChI is InChI=1S/C7H3N4O/c8-11-7-9-4-2-1-3-5(12)6(4)10-7/h1-3H. The first kappa shape index (κ1) is 6.78. The van der Waals surface area contributed by atoms with Crippen LogP contribution >= 0.6 is 0 Å². The summed E-state index contributed by atoms with van der Waals surface area (Å²) in [4.78, 5) is 18.5. The molecule has 0 spiro atoms. The molecule has 0 fully saturated rings. The van der Waals surface area contributed by atoms with Crippen LogP contribution in [0.15, 0.2) is 39.0 Å². The van der Waals surface area contributed by atoms with E-state index in [1.165, 1.54) is 6.08 Å². The van der Waals surface area contributed by atoms with Crippen LogP contribution < -0.4 is 5.53 Å². The molecular formula is C7H3N4O. The highest BCUT2D eigenvalue weighted by Gasteiger charge is 2.22. The van der Waals surface area contributed by atoms with Crippen molar-refractivity contribution in [2.45, 2.75) is 0 Å². The Balaban J connectivity index is 2.50. The van der Waals surface area contributed by atoms with Crippen LogP contribution in [-0.2, 0) is 4.79 Å². The summed E-state index contributed by atoms with van der Waals surface area (Å²) in [5.74, 6) is -0.289. The normalized spacial score (nSPS) is 19.7. The van der Waals surface area contributed by atoms with Crippen molar-refractivity contribution in [2.24, 2.45) is 15.1 Å². The van der Waals surface area contributed by atoms with Crippen LogP contribution in [0.25, 0.3) is 0 Å². The predicted octanol–water partition coefficient (Wildman–Crippen LogP) is 0.0721. The first-order valence-corrected chi connectivity index (χ1v) is 3.27. The molecule has 0 saturated carbocycles. The zero-order valence-electron chi connectivity index (χ0n) is 5.93. The highest BCUT2D eigenvalue weighted by molar-refractivity contribution is 6.52. The van der Waals surface area contributed by atoms with Crippen molar-refractivity contribution in [1.29, 1.82) is 0 Å². The van der Waals surface area contributed by atoms with Gasteiger partial charge in [-0.25, -0.2) is 9.98 Å². The van der Waals surface area contributed by atoms with E-state index in [0.717, 1.165) is 0 Å². The van der Waals surface area contributed by atoms with Gasteiger partial charge >= 0.3 is 0 Å². The fourth-order valence-corrected chi connectivity index (χ4v) is 0.991. The minimum absolute atomic E-state index is 0.0756. The van der Waals surface area contributed by atoms with Crippen LogP contribution in [0.2, 0.25) is 0 Å². The SMILES string of the molecule is [N]=NC1=NC2=CC=CC(=O)C2=N1. The molecule has 0 saturated heterocycles. The number of nitrogens with zero attached hydrogens (tertiary/aromatic N) is 4. The highest BCUT2D eigenvalue weighted by atomic mass is 16.1. The van der Waals surface area contributed by atoms with E-state index in [0.29, 0.717) is 5.70 Å². The first-order chi connectivity index (χ1) is 5.81. The van der Waals surface area contributed by atoms with Gasteiger partial charge in [0, 0.05) is 0 Å². The van der Waals surface area contributed by atoms with E-state index in [1.54, 1.807) is 12.2 Å². The third kappa shape index (κ3) is 0.833. The Morgan fingerprint density at radius 1 is 1.42 bits per heavy atom. The second-order valence-electron chi connectivity index (χ2n) is 2.25. The lowest BCUT2D eigenvalue weighted by Crippen LogP contribution is -2.13. The maximum atomic E-state index is 11.1. The summed E-state index contributed by atoms with van der Waals surface area (Å²) in [6, 6.07) is 0. The van der Waals surface area contributed by atoms with Crippen molar-refractivity contribution in [3.8, 4) is 0 Å². The molecule has 0 amide bonds. The summed E-state index contributed by atoms with van der Waals surface area (Å²) >= 11 is 0. The molecule has 1 radical (unpaired) electrons. The van der Waals surface area contributed by atoms with E-state index in [1.807, 2.05) is 0 Å². The topological polar surface area (TPSA) is 76.5 Å². The fourth-order valence-electron chi connectivity index (χ4n) is 0.991. The molecule has 5 nitrogen and oxygen atoms in total. The van der Waals surface area contributed by atoms with E-state index in [2.05, 4.69) is 15.1 Å². The average molecular weight is 159 g/mol. The zero-order chi connectivity index (χ0) is 8.55. The number of fused-ring (bicyclic) bond motifs is 1. The molecule has 1 aliphatic heterocycles. The Morgan fingerprint density at radius 3 is 2.92 bits per heavy atom. The van der Waals surface area contributed by atoms with Crippen LogP contribution in [0.1, 0.15) is 0 Å². The van der Waals surface area contributed by atoms with E-state index in [4.69, 9.17) is 5.53 Å². The third-order valence-corrected chi connectivity index (χ3v) is 1.50. The smallest absolute Gasteiger partial charge is 0.272 e. The molecule has 0 unspecified atom stereocenters. The van der Waals surface area contributed by atoms with E-state index in [-0.39, 0.29) is 17.5 Å². The second-order valence-corrected chi connectivity index (χ2v) is 2.25. The largest absolute Gasteiger partial charge is 0.287 e. The number of ketones is 1. The van der Waals surface area contributed by atoms with E-state index in [9.17, 15) is 4.79 Å². The van der Waals surface area contributed by atoms with Gasteiger partial charge in [0.25, 0.3) is 5.96 Å². The Kier molecular flexibility index (Phi) is 1.30. The Morgan fingerprint density at radius 2 is 2.25 bits per heavy atom. The molecule has 12 heavy (non-hydrogen) atoms. The molecule has 0 atom stereocenters. The van der Waals surface area contributed by atoms with Gasteiger partial charge in [-0.3, -0.25) is 4.79 Å². The lowest BCUT2D eigenvalue weighted by molar-refractivity contribution is -0.108. The molecule has 0 N–H and O–H groups in total. The number of guanidine groups is 1. The van der Waals surface area contributed by atoms with E-state index >= 15 is 0 Å². The molecule has 1 heterocycles. The molecule has 2 aliphatic rings. The monoisotopic (exact) mass is 159 g/mol. The van der Waals surface area contributed by atoms with Gasteiger partial charge in [-0.05, 0) is 17.7 Å². The summed E-state index contributed by atoms with van der Waals surface area (Å²) in [5.41, 5.74) is 9.02. The van der Waals surface area contributed by atoms with Crippen molar-refractivity contribution < 1.29 is 4.79 Å². The van der Waals surface area contributed by atoms with Crippen LogP contribution in [0.3, 0.4) is 0 Å². The van der Waals surface area contributed by atoms with Gasteiger partial charge in [0.1, 0.15) is 5.71 Å². The fraction of sp³-hybridized carbons (Fsp3) is 0. The van der Waals surface area contributed by atoms with Crippen LogP contribution in [0, 0.1) is 0 Å². The van der Waals surface area contributed by atoms with Gasteiger partial charge in [-0.1, -0.05) is 11.2 Å². The Bertz CT molecular complexity index is 383. The molecular weight excluding hydrogens is 156 g/mol. The number of carbonyl (C=O) groups is 1. The third-order valence-electron chi connectivity index (χ3n) is 1.50. The molecule has 2 rings (SSSR count). The summed E-state index contributed by atoms with van der Waals surface area (Å²) in [6.07, 6.45) is 4.61.